The molecule has 0 spiro atoms. The number of carboxylic acids is 1. The van der Waals surface area contributed by atoms with Crippen LogP contribution in [0.1, 0.15) is 126 Å². The van der Waals surface area contributed by atoms with Crippen molar-refractivity contribution in [3.05, 3.63) is 95.1 Å². The van der Waals surface area contributed by atoms with Crippen molar-refractivity contribution in [3.8, 4) is 5.75 Å². The molecule has 3 rings (SSSR count). The van der Waals surface area contributed by atoms with E-state index in [0.717, 1.165) is 0 Å². The number of ether oxygens (including phenoxy) is 4. The number of phenols is 1. The van der Waals surface area contributed by atoms with Gasteiger partial charge in [0.25, 0.3) is 0 Å². The summed E-state index contributed by atoms with van der Waals surface area (Å²) in [6.45, 7) is 13.7. The van der Waals surface area contributed by atoms with Crippen molar-refractivity contribution < 1.29 is 67.5 Å². The number of carbonyl (C=O) groups excluding carboxylic acids is 7. The summed E-state index contributed by atoms with van der Waals surface area (Å²) in [5.41, 5.74) is -2.52. The lowest BCUT2D eigenvalue weighted by Gasteiger charge is -2.34. The van der Waals surface area contributed by atoms with Crippen LogP contribution >= 0.6 is 0 Å². The number of nitrogens with one attached hydrogen (secondary N) is 1. The van der Waals surface area contributed by atoms with Gasteiger partial charge in [0.15, 0.2) is 11.6 Å². The molecule has 0 bridgehead atoms. The highest BCUT2D eigenvalue weighted by molar-refractivity contribution is 6.13. The topological polar surface area (TPSA) is 226 Å². The molecule has 15 heteroatoms. The average Bonchev–Trinajstić information content (AvgIpc) is 3.24. The van der Waals surface area contributed by atoms with Crippen molar-refractivity contribution >= 4 is 53.0 Å². The maximum Gasteiger partial charge on any atom is 0.311 e. The average molecular weight is 876 g/mol. The van der Waals surface area contributed by atoms with Crippen LogP contribution in [0.4, 0.5) is 5.69 Å². The molecule has 2 atom stereocenters. The normalized spacial score (nSPS) is 13.0. The Bertz CT molecular complexity index is 2110. The van der Waals surface area contributed by atoms with Crippen LogP contribution in [0.2, 0.25) is 0 Å². The smallest absolute Gasteiger partial charge is 0.311 e. The lowest BCUT2D eigenvalue weighted by Crippen LogP contribution is -2.39. The molecule has 0 aliphatic heterocycles. The van der Waals surface area contributed by atoms with Crippen molar-refractivity contribution in [3.63, 3.8) is 0 Å². The van der Waals surface area contributed by atoms with E-state index in [9.17, 15) is 43.5 Å². The molecule has 1 amide bonds. The summed E-state index contributed by atoms with van der Waals surface area (Å²) in [6, 6.07) is 18.9. The maximum absolute atomic E-state index is 13.0. The first kappa shape index (κ1) is 52.8. The molecule has 0 radical (unpaired) electrons. The molecule has 3 N–H and O–H groups in total. The second kappa shape index (κ2) is 23.2. The number of phenolic OH excluding ortho intramolecular Hbond substituents is 1. The fourth-order valence-corrected chi connectivity index (χ4v) is 7.26. The van der Waals surface area contributed by atoms with Crippen molar-refractivity contribution in [2.45, 2.75) is 93.9 Å². The van der Waals surface area contributed by atoms with Crippen LogP contribution in [0, 0.1) is 21.7 Å². The van der Waals surface area contributed by atoms with Gasteiger partial charge in [-0.15, -0.1) is 0 Å². The van der Waals surface area contributed by atoms with E-state index in [1.807, 2.05) is 0 Å². The summed E-state index contributed by atoms with van der Waals surface area (Å²) < 4.78 is 19.9. The number of anilines is 1. The van der Waals surface area contributed by atoms with Crippen LogP contribution in [-0.4, -0.2) is 85.0 Å². The van der Waals surface area contributed by atoms with Crippen LogP contribution in [0.3, 0.4) is 0 Å². The van der Waals surface area contributed by atoms with Gasteiger partial charge >= 0.3 is 29.8 Å². The van der Waals surface area contributed by atoms with Gasteiger partial charge in [-0.3, -0.25) is 38.4 Å². The number of ketones is 2. The summed E-state index contributed by atoms with van der Waals surface area (Å²) in [5, 5.41) is 22.0. The highest BCUT2D eigenvalue weighted by atomic mass is 16.5. The Morgan fingerprint density at radius 2 is 1.02 bits per heavy atom. The van der Waals surface area contributed by atoms with Gasteiger partial charge < -0.3 is 34.5 Å². The summed E-state index contributed by atoms with van der Waals surface area (Å²) >= 11 is 0. The molecular formula is C48H61NO14. The number of aromatic hydroxyl groups is 1. The van der Waals surface area contributed by atoms with Gasteiger partial charge in [0, 0.05) is 35.2 Å². The Morgan fingerprint density at radius 1 is 0.571 bits per heavy atom. The van der Waals surface area contributed by atoms with Gasteiger partial charge in [-0.2, -0.15) is 0 Å². The molecule has 63 heavy (non-hydrogen) atoms. The molecule has 0 aliphatic rings. The quantitative estimate of drug-likeness (QED) is 0.0529. The second-order valence-corrected chi connectivity index (χ2v) is 16.9. The van der Waals surface area contributed by atoms with Crippen molar-refractivity contribution in [1.29, 1.82) is 0 Å². The summed E-state index contributed by atoms with van der Waals surface area (Å²) in [4.78, 5) is 98.1. The van der Waals surface area contributed by atoms with E-state index in [-0.39, 0.29) is 86.1 Å². The van der Waals surface area contributed by atoms with Crippen molar-refractivity contribution in [1.82, 2.24) is 0 Å². The van der Waals surface area contributed by atoms with Crippen molar-refractivity contribution in [2.75, 3.05) is 32.8 Å². The fraction of sp³-hybridized carbons (Fsp3) is 0.458. The van der Waals surface area contributed by atoms with E-state index in [1.165, 1.54) is 32.4 Å². The molecule has 0 aromatic heterocycles. The number of rotatable bonds is 21. The van der Waals surface area contributed by atoms with Gasteiger partial charge in [0.05, 0.1) is 54.7 Å². The molecule has 3 aromatic carbocycles. The number of aliphatic carboxylic acids is 1. The van der Waals surface area contributed by atoms with Crippen LogP contribution in [-0.2, 0) is 47.7 Å². The number of hydrogen-bond donors (Lipinski definition) is 3. The number of amides is 1. The molecule has 0 saturated heterocycles. The summed E-state index contributed by atoms with van der Waals surface area (Å²) in [7, 11) is 2.57. The van der Waals surface area contributed by atoms with E-state index in [2.05, 4.69) is 5.32 Å². The molecule has 15 nitrogen and oxygen atoms in total. The minimum Gasteiger partial charge on any atom is -0.507 e. The van der Waals surface area contributed by atoms with Gasteiger partial charge in [0.1, 0.15) is 5.75 Å². The van der Waals surface area contributed by atoms with Gasteiger partial charge in [-0.1, -0.05) is 36.4 Å². The number of methoxy groups -OCH3 is 2. The first-order valence-electron chi connectivity index (χ1n) is 20.5. The molecule has 0 aliphatic carbocycles. The number of esters is 4. The zero-order chi connectivity index (χ0) is 47.8. The predicted octanol–water partition coefficient (Wildman–Crippen LogP) is 7.74. The Hall–Kier alpha value is -6.38. The Kier molecular flexibility index (Phi) is 19.4. The van der Waals surface area contributed by atoms with E-state index in [4.69, 9.17) is 24.1 Å². The first-order chi connectivity index (χ1) is 29.4. The summed E-state index contributed by atoms with van der Waals surface area (Å²) in [5.74, 6) is -4.25. The van der Waals surface area contributed by atoms with E-state index in [1.54, 1.807) is 110 Å². The van der Waals surface area contributed by atoms with Crippen LogP contribution in [0.15, 0.2) is 72.8 Å². The molecule has 3 aromatic rings. The van der Waals surface area contributed by atoms with Gasteiger partial charge in [-0.05, 0) is 117 Å². The highest BCUT2D eigenvalue weighted by Crippen LogP contribution is 2.41. The lowest BCUT2D eigenvalue weighted by molar-refractivity contribution is -0.163. The largest absolute Gasteiger partial charge is 0.507 e. The fourth-order valence-electron chi connectivity index (χ4n) is 7.26. The minimum absolute atomic E-state index is 0.0133. The van der Waals surface area contributed by atoms with Crippen LogP contribution in [0.5, 0.6) is 5.75 Å². The molecule has 0 fully saturated rings. The third-order valence-corrected chi connectivity index (χ3v) is 10.4. The standard InChI is InChI=1S/C34H37NO8.C14H24O6/c1-6-43-32(41)34(4,21-33(2,3)31(40)42-5)19-18-28(37)35-25-15-12-23(13-16-25)29(38)24-14-17-26(27(36)20-24)30(39)22-10-8-7-9-11-22;1-6-20-12(18)14(4,8-7-10(15)16)9-13(2,3)11(17)19-5/h7-17,20,36H,6,18-19,21H2,1-5H3,(H,35,37);6-9H2,1-5H3,(H,15,16). The Labute approximate surface area is 368 Å². The third-order valence-electron chi connectivity index (χ3n) is 10.4. The zero-order valence-corrected chi connectivity index (χ0v) is 37.9. The maximum atomic E-state index is 13.0. The van der Waals surface area contributed by atoms with Crippen LogP contribution in [0.25, 0.3) is 0 Å². The van der Waals surface area contributed by atoms with E-state index in [0.29, 0.717) is 16.8 Å². The SMILES string of the molecule is CCOC(=O)C(C)(CCC(=O)Nc1ccc(C(=O)c2ccc(C(=O)c3ccccc3)c(O)c2)cc1)CC(C)(C)C(=O)OC.CCOC(=O)C(C)(CCC(=O)O)CC(C)(C)C(=O)OC. The van der Waals surface area contributed by atoms with E-state index >= 15 is 0 Å². The molecular weight excluding hydrogens is 815 g/mol. The monoisotopic (exact) mass is 875 g/mol. The highest BCUT2D eigenvalue weighted by Gasteiger charge is 2.45. The molecule has 342 valence electrons. The predicted molar refractivity (Wildman–Crippen MR) is 233 cm³/mol. The number of carbonyl (C=O) groups is 8. The van der Waals surface area contributed by atoms with Crippen LogP contribution < -0.4 is 5.32 Å². The molecule has 2 unspecified atom stereocenters. The molecule has 0 saturated carbocycles. The Morgan fingerprint density at radius 3 is 1.44 bits per heavy atom. The number of hydrogen-bond acceptors (Lipinski definition) is 13. The number of benzene rings is 3. The zero-order valence-electron chi connectivity index (χ0n) is 37.9. The van der Waals surface area contributed by atoms with Crippen molar-refractivity contribution in [2.24, 2.45) is 21.7 Å². The van der Waals surface area contributed by atoms with Gasteiger partial charge in [0.2, 0.25) is 5.91 Å². The second-order valence-electron chi connectivity index (χ2n) is 16.9. The van der Waals surface area contributed by atoms with Gasteiger partial charge in [-0.25, -0.2) is 0 Å². The third kappa shape index (κ3) is 15.2. The Balaban J connectivity index is 0.000000574. The minimum atomic E-state index is -1.10. The number of carboxylic acid groups (broad SMARTS) is 1. The van der Waals surface area contributed by atoms with E-state index < -0.39 is 51.5 Å². The first-order valence-corrected chi connectivity index (χ1v) is 20.5. The molecule has 0 heterocycles. The summed E-state index contributed by atoms with van der Waals surface area (Å²) in [6.07, 6.45) is 0.376. The lowest BCUT2D eigenvalue weighted by atomic mass is 9.71.